The molecular formula is C13H26N6. The van der Waals surface area contributed by atoms with E-state index < -0.39 is 0 Å². The fraction of sp³-hybridized carbons (Fsp3) is 0.769. The summed E-state index contributed by atoms with van der Waals surface area (Å²) in [6, 6.07) is 0. The van der Waals surface area contributed by atoms with Gasteiger partial charge < -0.3 is 15.5 Å². The van der Waals surface area contributed by atoms with Crippen LogP contribution < -0.4 is 15.5 Å². The fourth-order valence-electron chi connectivity index (χ4n) is 1.59. The summed E-state index contributed by atoms with van der Waals surface area (Å²) in [6.07, 6.45) is 2.33. The van der Waals surface area contributed by atoms with Crippen LogP contribution >= 0.6 is 0 Å². The van der Waals surface area contributed by atoms with Gasteiger partial charge >= 0.3 is 0 Å². The van der Waals surface area contributed by atoms with Crippen molar-refractivity contribution in [1.82, 2.24) is 15.0 Å². The summed E-state index contributed by atoms with van der Waals surface area (Å²) in [4.78, 5) is 14.9. The lowest BCUT2D eigenvalue weighted by Crippen LogP contribution is -2.17. The van der Waals surface area contributed by atoms with E-state index in [-0.39, 0.29) is 0 Å². The largest absolute Gasteiger partial charge is 0.354 e. The first-order valence-corrected chi connectivity index (χ1v) is 6.94. The Labute approximate surface area is 116 Å². The summed E-state index contributed by atoms with van der Waals surface area (Å²) in [5.41, 5.74) is 0. The second-order valence-corrected chi connectivity index (χ2v) is 5.17. The van der Waals surface area contributed by atoms with Gasteiger partial charge in [0.25, 0.3) is 0 Å². The molecule has 6 heteroatoms. The van der Waals surface area contributed by atoms with Crippen LogP contribution in [0.5, 0.6) is 0 Å². The molecular weight excluding hydrogens is 240 g/mol. The highest BCUT2D eigenvalue weighted by atomic mass is 15.3. The lowest BCUT2D eigenvalue weighted by molar-refractivity contribution is 0.566. The van der Waals surface area contributed by atoms with Gasteiger partial charge in [0.1, 0.15) is 0 Å². The van der Waals surface area contributed by atoms with Crippen LogP contribution in [0.4, 0.5) is 17.8 Å². The van der Waals surface area contributed by atoms with Gasteiger partial charge in [0, 0.05) is 27.2 Å². The van der Waals surface area contributed by atoms with Crippen molar-refractivity contribution in [3.8, 4) is 0 Å². The number of anilines is 3. The van der Waals surface area contributed by atoms with Crippen LogP contribution in [-0.4, -0.2) is 42.1 Å². The van der Waals surface area contributed by atoms with Gasteiger partial charge in [-0.1, -0.05) is 13.8 Å². The molecule has 0 saturated carbocycles. The van der Waals surface area contributed by atoms with Gasteiger partial charge in [-0.2, -0.15) is 15.0 Å². The molecule has 0 aliphatic heterocycles. The molecule has 1 aromatic heterocycles. The van der Waals surface area contributed by atoms with Crippen molar-refractivity contribution in [1.29, 1.82) is 0 Å². The van der Waals surface area contributed by atoms with Gasteiger partial charge in [0.15, 0.2) is 0 Å². The topological polar surface area (TPSA) is 66.0 Å². The van der Waals surface area contributed by atoms with Gasteiger partial charge in [-0.05, 0) is 25.7 Å². The van der Waals surface area contributed by atoms with E-state index in [4.69, 9.17) is 0 Å². The van der Waals surface area contributed by atoms with Crippen molar-refractivity contribution in [2.75, 3.05) is 42.7 Å². The molecule has 0 saturated heterocycles. The molecule has 0 fully saturated rings. The summed E-state index contributed by atoms with van der Waals surface area (Å²) in [6.45, 7) is 8.17. The minimum atomic E-state index is 0.618. The molecule has 2 N–H and O–H groups in total. The quantitative estimate of drug-likeness (QED) is 0.703. The molecule has 1 aromatic rings. The van der Waals surface area contributed by atoms with E-state index >= 15 is 0 Å². The van der Waals surface area contributed by atoms with E-state index in [1.165, 1.54) is 6.42 Å². The van der Waals surface area contributed by atoms with Crippen molar-refractivity contribution in [3.05, 3.63) is 0 Å². The van der Waals surface area contributed by atoms with Crippen LogP contribution in [0.2, 0.25) is 0 Å². The standard InChI is InChI=1S/C13H26N6/c1-6-14-11-16-12(15-9-7-8-10(2)3)18-13(17-11)19(4)5/h10H,6-9H2,1-5H3,(H2,14,15,16,17,18). The number of hydrogen-bond acceptors (Lipinski definition) is 6. The molecule has 0 bridgehead atoms. The molecule has 1 heterocycles. The van der Waals surface area contributed by atoms with Gasteiger partial charge in [0.05, 0.1) is 0 Å². The first-order chi connectivity index (χ1) is 9.02. The number of nitrogens with one attached hydrogen (secondary N) is 2. The Balaban J connectivity index is 2.65. The molecule has 0 spiro atoms. The van der Waals surface area contributed by atoms with Gasteiger partial charge in [-0.15, -0.1) is 0 Å². The van der Waals surface area contributed by atoms with Crippen LogP contribution in [0.1, 0.15) is 33.6 Å². The third-order valence-corrected chi connectivity index (χ3v) is 2.60. The number of aromatic nitrogens is 3. The monoisotopic (exact) mass is 266 g/mol. The first-order valence-electron chi connectivity index (χ1n) is 6.94. The second-order valence-electron chi connectivity index (χ2n) is 5.17. The van der Waals surface area contributed by atoms with Crippen molar-refractivity contribution in [2.24, 2.45) is 5.92 Å². The highest BCUT2D eigenvalue weighted by Crippen LogP contribution is 2.11. The van der Waals surface area contributed by atoms with Gasteiger partial charge in [0.2, 0.25) is 17.8 Å². The summed E-state index contributed by atoms with van der Waals surface area (Å²) >= 11 is 0. The summed E-state index contributed by atoms with van der Waals surface area (Å²) in [5, 5.41) is 6.39. The Bertz CT molecular complexity index is 377. The minimum absolute atomic E-state index is 0.618. The van der Waals surface area contributed by atoms with E-state index in [9.17, 15) is 0 Å². The third kappa shape index (κ3) is 5.72. The normalized spacial score (nSPS) is 10.6. The van der Waals surface area contributed by atoms with Crippen LogP contribution in [-0.2, 0) is 0 Å². The fourth-order valence-corrected chi connectivity index (χ4v) is 1.59. The summed E-state index contributed by atoms with van der Waals surface area (Å²) in [7, 11) is 3.85. The lowest BCUT2D eigenvalue weighted by atomic mass is 10.1. The molecule has 0 aromatic carbocycles. The zero-order valence-corrected chi connectivity index (χ0v) is 12.7. The Morgan fingerprint density at radius 1 is 1.05 bits per heavy atom. The third-order valence-electron chi connectivity index (χ3n) is 2.60. The highest BCUT2D eigenvalue weighted by Gasteiger charge is 2.07. The SMILES string of the molecule is CCNc1nc(NCCCC(C)C)nc(N(C)C)n1. The average molecular weight is 266 g/mol. The molecule has 1 rings (SSSR count). The van der Waals surface area contributed by atoms with E-state index in [1.54, 1.807) is 0 Å². The molecule has 6 nitrogen and oxygen atoms in total. The predicted molar refractivity (Wildman–Crippen MR) is 80.9 cm³/mol. The second kappa shape index (κ2) is 7.76. The Morgan fingerprint density at radius 2 is 1.68 bits per heavy atom. The number of nitrogens with zero attached hydrogens (tertiary/aromatic N) is 4. The Hall–Kier alpha value is -1.59. The minimum Gasteiger partial charge on any atom is -0.354 e. The molecule has 0 radical (unpaired) electrons. The van der Waals surface area contributed by atoms with Crippen LogP contribution in [0.3, 0.4) is 0 Å². The Kier molecular flexibility index (Phi) is 6.32. The zero-order valence-electron chi connectivity index (χ0n) is 12.7. The number of rotatable bonds is 8. The van der Waals surface area contributed by atoms with Crippen LogP contribution in [0.25, 0.3) is 0 Å². The van der Waals surface area contributed by atoms with Crippen molar-refractivity contribution in [3.63, 3.8) is 0 Å². The van der Waals surface area contributed by atoms with Crippen molar-refractivity contribution in [2.45, 2.75) is 33.6 Å². The van der Waals surface area contributed by atoms with E-state index in [1.807, 2.05) is 25.9 Å². The van der Waals surface area contributed by atoms with Crippen molar-refractivity contribution < 1.29 is 0 Å². The van der Waals surface area contributed by atoms with Crippen LogP contribution in [0, 0.1) is 5.92 Å². The molecule has 0 aliphatic rings. The van der Waals surface area contributed by atoms with E-state index in [2.05, 4.69) is 39.4 Å². The maximum Gasteiger partial charge on any atom is 0.231 e. The molecule has 0 aliphatic carbocycles. The van der Waals surface area contributed by atoms with E-state index in [0.29, 0.717) is 17.8 Å². The molecule has 0 amide bonds. The van der Waals surface area contributed by atoms with Gasteiger partial charge in [-0.3, -0.25) is 0 Å². The Morgan fingerprint density at radius 3 is 2.21 bits per heavy atom. The lowest BCUT2D eigenvalue weighted by Gasteiger charge is -2.14. The molecule has 0 atom stereocenters. The molecule has 108 valence electrons. The summed E-state index contributed by atoms with van der Waals surface area (Å²) < 4.78 is 0. The highest BCUT2D eigenvalue weighted by molar-refractivity contribution is 5.42. The average Bonchev–Trinajstić information content (AvgIpc) is 2.34. The summed E-state index contributed by atoms with van der Waals surface area (Å²) in [5.74, 6) is 2.65. The molecule has 19 heavy (non-hydrogen) atoms. The predicted octanol–water partition coefficient (Wildman–Crippen LogP) is 2.22. The van der Waals surface area contributed by atoms with E-state index in [0.717, 1.165) is 25.4 Å². The maximum absolute atomic E-state index is 4.38. The molecule has 0 unspecified atom stereocenters. The van der Waals surface area contributed by atoms with Gasteiger partial charge in [-0.25, -0.2) is 0 Å². The van der Waals surface area contributed by atoms with Crippen molar-refractivity contribution >= 4 is 17.8 Å². The maximum atomic E-state index is 4.38. The van der Waals surface area contributed by atoms with Crippen LogP contribution in [0.15, 0.2) is 0 Å². The smallest absolute Gasteiger partial charge is 0.231 e. The first kappa shape index (κ1) is 15.5. The zero-order chi connectivity index (χ0) is 14.3. The number of hydrogen-bond donors (Lipinski definition) is 2.